The van der Waals surface area contributed by atoms with E-state index in [1.54, 1.807) is 0 Å². The van der Waals surface area contributed by atoms with Crippen LogP contribution >= 0.6 is 0 Å². The van der Waals surface area contributed by atoms with Gasteiger partial charge in [0.2, 0.25) is 17.8 Å². The Morgan fingerprint density at radius 2 is 1.94 bits per heavy atom. The Hall–Kier alpha value is -2.31. The number of nitrogens with one attached hydrogen (secondary N) is 2. The fraction of sp³-hybridized carbons (Fsp3) is 0.300. The molecule has 2 rings (SSSR count). The smallest absolute Gasteiger partial charge is 0.229 e. The van der Waals surface area contributed by atoms with Gasteiger partial charge >= 0.3 is 0 Å². The van der Waals surface area contributed by atoms with E-state index in [0.717, 1.165) is 6.42 Å². The third kappa shape index (κ3) is 2.83. The number of nitrogen functional groups attached to an aromatic ring is 2. The lowest BCUT2D eigenvalue weighted by atomic mass is 10.2. The number of aromatic nitrogens is 4. The highest BCUT2D eigenvalue weighted by atomic mass is 15.2. The van der Waals surface area contributed by atoms with E-state index < -0.39 is 0 Å². The van der Waals surface area contributed by atoms with Gasteiger partial charge in [-0.1, -0.05) is 0 Å². The van der Waals surface area contributed by atoms with Crippen molar-refractivity contribution in [1.82, 2.24) is 19.9 Å². The average molecular weight is 233 g/mol. The third-order valence-corrected chi connectivity index (χ3v) is 2.41. The number of hydrogen-bond acceptors (Lipinski definition) is 6. The summed E-state index contributed by atoms with van der Waals surface area (Å²) in [4.78, 5) is 14.7. The predicted octanol–water partition coefficient (Wildman–Crippen LogP) is 0.327. The maximum absolute atomic E-state index is 5.46. The minimum atomic E-state index is 0.123. The second kappa shape index (κ2) is 4.69. The number of nitrogens with two attached hydrogens (primary N) is 2. The van der Waals surface area contributed by atoms with Gasteiger partial charge in [-0.3, -0.25) is 0 Å². The lowest BCUT2D eigenvalue weighted by molar-refractivity contribution is 0.964. The van der Waals surface area contributed by atoms with Crippen LogP contribution in [0.4, 0.5) is 17.8 Å². The topological polar surface area (TPSA) is 119 Å². The van der Waals surface area contributed by atoms with E-state index in [4.69, 9.17) is 11.5 Å². The molecule has 2 aromatic heterocycles. The summed E-state index contributed by atoms with van der Waals surface area (Å²) in [5, 5.41) is 3.06. The molecule has 7 heteroatoms. The van der Waals surface area contributed by atoms with Crippen LogP contribution in [0, 0.1) is 6.92 Å². The van der Waals surface area contributed by atoms with Gasteiger partial charge in [-0.2, -0.15) is 15.0 Å². The summed E-state index contributed by atoms with van der Waals surface area (Å²) in [6.45, 7) is 2.75. The van der Waals surface area contributed by atoms with Crippen molar-refractivity contribution in [3.8, 4) is 0 Å². The molecule has 2 heterocycles. The molecule has 0 aliphatic rings. The van der Waals surface area contributed by atoms with E-state index in [0.29, 0.717) is 12.5 Å². The molecule has 0 amide bonds. The molecule has 0 aliphatic carbocycles. The average Bonchev–Trinajstić information content (AvgIpc) is 2.63. The van der Waals surface area contributed by atoms with Gasteiger partial charge in [-0.15, -0.1) is 0 Å². The van der Waals surface area contributed by atoms with E-state index in [2.05, 4.69) is 25.3 Å². The predicted molar refractivity (Wildman–Crippen MR) is 66.4 cm³/mol. The number of rotatable bonds is 4. The fourth-order valence-electron chi connectivity index (χ4n) is 1.55. The standard InChI is InChI=1S/C10H15N7/c1-6-7(2-4-13-6)3-5-14-10-16-8(11)15-9(12)17-10/h2,4,13H,3,5H2,1H3,(H5,11,12,14,15,16,17). The van der Waals surface area contributed by atoms with Gasteiger partial charge in [-0.05, 0) is 25.0 Å². The van der Waals surface area contributed by atoms with Crippen LogP contribution in [0.25, 0.3) is 0 Å². The molecule has 17 heavy (non-hydrogen) atoms. The summed E-state index contributed by atoms with van der Waals surface area (Å²) in [5.74, 6) is 0.652. The van der Waals surface area contributed by atoms with Gasteiger partial charge in [0.05, 0.1) is 0 Å². The van der Waals surface area contributed by atoms with Crippen molar-refractivity contribution in [2.45, 2.75) is 13.3 Å². The third-order valence-electron chi connectivity index (χ3n) is 2.41. The van der Waals surface area contributed by atoms with E-state index in [1.807, 2.05) is 19.2 Å². The highest BCUT2D eigenvalue weighted by Crippen LogP contribution is 2.07. The van der Waals surface area contributed by atoms with Gasteiger partial charge < -0.3 is 21.8 Å². The Kier molecular flexibility index (Phi) is 3.08. The molecule has 6 N–H and O–H groups in total. The van der Waals surface area contributed by atoms with Crippen LogP contribution < -0.4 is 16.8 Å². The summed E-state index contributed by atoms with van der Waals surface area (Å²) in [6.07, 6.45) is 2.80. The van der Waals surface area contributed by atoms with Crippen molar-refractivity contribution in [2.24, 2.45) is 0 Å². The van der Waals surface area contributed by atoms with Gasteiger partial charge in [0.25, 0.3) is 0 Å². The first-order valence-electron chi connectivity index (χ1n) is 5.29. The molecule has 0 atom stereocenters. The largest absolute Gasteiger partial charge is 0.368 e. The van der Waals surface area contributed by atoms with E-state index >= 15 is 0 Å². The van der Waals surface area contributed by atoms with Crippen LogP contribution in [-0.2, 0) is 6.42 Å². The highest BCUT2D eigenvalue weighted by molar-refractivity contribution is 5.37. The van der Waals surface area contributed by atoms with Crippen LogP contribution in [0.5, 0.6) is 0 Å². The molecule has 0 aliphatic heterocycles. The quantitative estimate of drug-likeness (QED) is 0.604. The van der Waals surface area contributed by atoms with E-state index in [9.17, 15) is 0 Å². The second-order valence-electron chi connectivity index (χ2n) is 3.68. The minimum absolute atomic E-state index is 0.123. The highest BCUT2D eigenvalue weighted by Gasteiger charge is 2.02. The molecular formula is C10H15N7. The molecule has 0 radical (unpaired) electrons. The summed E-state index contributed by atoms with van der Waals surface area (Å²) in [6, 6.07) is 2.05. The number of hydrogen-bond donors (Lipinski definition) is 4. The number of H-pyrrole nitrogens is 1. The molecular weight excluding hydrogens is 218 g/mol. The Balaban J connectivity index is 1.92. The maximum Gasteiger partial charge on any atom is 0.229 e. The van der Waals surface area contributed by atoms with Crippen LogP contribution in [0.1, 0.15) is 11.3 Å². The van der Waals surface area contributed by atoms with E-state index in [1.165, 1.54) is 11.3 Å². The zero-order valence-corrected chi connectivity index (χ0v) is 9.57. The van der Waals surface area contributed by atoms with Crippen molar-refractivity contribution in [3.05, 3.63) is 23.5 Å². The molecule has 0 aromatic carbocycles. The SMILES string of the molecule is Cc1[nH]ccc1CCNc1nc(N)nc(N)n1. The van der Waals surface area contributed by atoms with Gasteiger partial charge in [0.1, 0.15) is 0 Å². The van der Waals surface area contributed by atoms with Crippen LogP contribution in [0.15, 0.2) is 12.3 Å². The molecule has 2 aromatic rings. The zero-order valence-electron chi connectivity index (χ0n) is 9.57. The van der Waals surface area contributed by atoms with E-state index in [-0.39, 0.29) is 11.9 Å². The lowest BCUT2D eigenvalue weighted by Crippen LogP contribution is -2.11. The number of nitrogens with zero attached hydrogens (tertiary/aromatic N) is 3. The summed E-state index contributed by atoms with van der Waals surface area (Å²) >= 11 is 0. The normalized spacial score (nSPS) is 10.4. The molecule has 7 nitrogen and oxygen atoms in total. The first-order chi connectivity index (χ1) is 8.15. The monoisotopic (exact) mass is 233 g/mol. The molecule has 0 unspecified atom stereocenters. The maximum atomic E-state index is 5.46. The Morgan fingerprint density at radius 3 is 2.53 bits per heavy atom. The first kappa shape index (κ1) is 11.2. The van der Waals surface area contributed by atoms with Crippen molar-refractivity contribution >= 4 is 17.8 Å². The van der Waals surface area contributed by atoms with Crippen LogP contribution in [-0.4, -0.2) is 26.5 Å². The lowest BCUT2D eigenvalue weighted by Gasteiger charge is -2.05. The van der Waals surface area contributed by atoms with Crippen molar-refractivity contribution in [2.75, 3.05) is 23.3 Å². The Morgan fingerprint density at radius 1 is 1.24 bits per heavy atom. The molecule has 0 spiro atoms. The van der Waals surface area contributed by atoms with Gasteiger partial charge in [0.15, 0.2) is 0 Å². The van der Waals surface area contributed by atoms with Crippen molar-refractivity contribution in [3.63, 3.8) is 0 Å². The van der Waals surface area contributed by atoms with Crippen molar-refractivity contribution in [1.29, 1.82) is 0 Å². The minimum Gasteiger partial charge on any atom is -0.368 e. The molecule has 0 saturated carbocycles. The summed E-state index contributed by atoms with van der Waals surface area (Å²) in [5.41, 5.74) is 13.4. The molecule has 0 bridgehead atoms. The Bertz CT molecular complexity index is 485. The summed E-state index contributed by atoms with van der Waals surface area (Å²) in [7, 11) is 0. The van der Waals surface area contributed by atoms with Gasteiger partial charge in [-0.25, -0.2) is 0 Å². The number of anilines is 3. The van der Waals surface area contributed by atoms with Crippen LogP contribution in [0.2, 0.25) is 0 Å². The number of aromatic amines is 1. The zero-order chi connectivity index (χ0) is 12.3. The second-order valence-corrected chi connectivity index (χ2v) is 3.68. The number of aryl methyl sites for hydroxylation is 1. The van der Waals surface area contributed by atoms with Gasteiger partial charge in [0, 0.05) is 18.4 Å². The Labute approximate surface area is 98.7 Å². The van der Waals surface area contributed by atoms with Crippen LogP contribution in [0.3, 0.4) is 0 Å². The fourth-order valence-corrected chi connectivity index (χ4v) is 1.55. The molecule has 0 saturated heterocycles. The van der Waals surface area contributed by atoms with Crippen molar-refractivity contribution < 1.29 is 0 Å². The first-order valence-corrected chi connectivity index (χ1v) is 5.29. The molecule has 0 fully saturated rings. The molecule has 90 valence electrons. The summed E-state index contributed by atoms with van der Waals surface area (Å²) < 4.78 is 0.